The first-order valence-electron chi connectivity index (χ1n) is 7.12. The molecule has 0 atom stereocenters. The van der Waals surface area contributed by atoms with Crippen molar-refractivity contribution >= 4 is 5.69 Å². The number of hydrogen-bond acceptors (Lipinski definition) is 0. The molecule has 0 aromatic heterocycles. The molecule has 0 aliphatic rings. The van der Waals surface area contributed by atoms with Crippen LogP contribution in [0.25, 0.3) is 0 Å². The van der Waals surface area contributed by atoms with Crippen LogP contribution in [0.1, 0.15) is 45.6 Å². The number of quaternary nitrogens is 1. The Morgan fingerprint density at radius 3 is 2.06 bits per heavy atom. The fourth-order valence-corrected chi connectivity index (χ4v) is 2.76. The fourth-order valence-electron chi connectivity index (χ4n) is 2.76. The number of rotatable bonds is 7. The van der Waals surface area contributed by atoms with Crippen molar-refractivity contribution in [1.82, 2.24) is 4.48 Å². The molecule has 0 saturated carbocycles. The molecule has 0 radical (unpaired) electrons. The molecule has 1 aromatic rings. The van der Waals surface area contributed by atoms with Gasteiger partial charge in [0.25, 0.3) is 0 Å². The molecule has 0 unspecified atom stereocenters. The van der Waals surface area contributed by atoms with E-state index in [0.717, 1.165) is 4.48 Å². The summed E-state index contributed by atoms with van der Waals surface area (Å²) >= 11 is 0. The zero-order chi connectivity index (χ0) is 12.7. The predicted octanol–water partition coefficient (Wildman–Crippen LogP) is 1.54. The summed E-state index contributed by atoms with van der Waals surface area (Å²) in [6, 6.07) is 8.88. The van der Waals surface area contributed by atoms with Crippen LogP contribution in [-0.2, 0) is 0 Å². The lowest BCUT2D eigenvalue weighted by Crippen LogP contribution is -3.00. The predicted molar refractivity (Wildman–Crippen MR) is 78.4 cm³/mol. The first kappa shape index (κ1) is 17.5. The molecule has 0 N–H and O–H groups in total. The molecular weight excluding hydrogens is 242 g/mol. The van der Waals surface area contributed by atoms with E-state index in [9.17, 15) is 0 Å². The van der Waals surface area contributed by atoms with E-state index in [1.54, 1.807) is 0 Å². The van der Waals surface area contributed by atoms with Gasteiger partial charge in [-0.3, -0.25) is 4.48 Å². The second-order valence-electron chi connectivity index (χ2n) is 4.99. The molecule has 0 fully saturated rings. The summed E-state index contributed by atoms with van der Waals surface area (Å²) in [5.74, 6) is 0. The van der Waals surface area contributed by atoms with Gasteiger partial charge >= 0.3 is 0 Å². The molecule has 0 aliphatic carbocycles. The molecule has 18 heavy (non-hydrogen) atoms. The summed E-state index contributed by atoms with van der Waals surface area (Å²) in [4.78, 5) is 0. The van der Waals surface area contributed by atoms with Crippen molar-refractivity contribution in [3.05, 3.63) is 29.8 Å². The van der Waals surface area contributed by atoms with Crippen LogP contribution in [0.2, 0.25) is 0 Å². The highest BCUT2D eigenvalue weighted by Gasteiger charge is 2.27. The average Bonchev–Trinajstić information content (AvgIpc) is 2.36. The van der Waals surface area contributed by atoms with E-state index >= 15 is 0 Å². The lowest BCUT2D eigenvalue weighted by Gasteiger charge is -2.37. The monoisotopic (exact) mass is 269 g/mol. The molecular formula is C16H28ClN. The Morgan fingerprint density at radius 1 is 0.944 bits per heavy atom. The molecule has 2 heteroatoms. The number of halogens is 1. The Bertz CT molecular complexity index is 332. The third-order valence-corrected chi connectivity index (χ3v) is 4.03. The van der Waals surface area contributed by atoms with E-state index in [2.05, 4.69) is 52.0 Å². The summed E-state index contributed by atoms with van der Waals surface area (Å²) in [7, 11) is 0. The third kappa shape index (κ3) is 4.00. The molecule has 1 aromatic carbocycles. The quantitative estimate of drug-likeness (QED) is 0.520. The van der Waals surface area contributed by atoms with Crippen molar-refractivity contribution in [3.8, 4) is 0 Å². The highest BCUT2D eigenvalue weighted by Crippen LogP contribution is 2.27. The second-order valence-corrected chi connectivity index (χ2v) is 4.99. The van der Waals surface area contributed by atoms with Crippen molar-refractivity contribution in [2.45, 2.75) is 47.0 Å². The largest absolute Gasteiger partial charge is 1.00 e. The SMILES string of the molecule is CCCCC[N+](CC)(CC)c1ccccc1C.[Cl-]. The summed E-state index contributed by atoms with van der Waals surface area (Å²) in [5.41, 5.74) is 2.96. The lowest BCUT2D eigenvalue weighted by atomic mass is 10.1. The van der Waals surface area contributed by atoms with E-state index in [1.807, 2.05) is 0 Å². The van der Waals surface area contributed by atoms with Crippen LogP contribution < -0.4 is 16.9 Å². The number of hydrogen-bond donors (Lipinski definition) is 0. The molecule has 0 heterocycles. The Hall–Kier alpha value is -0.530. The van der Waals surface area contributed by atoms with Crippen molar-refractivity contribution in [1.29, 1.82) is 0 Å². The fraction of sp³-hybridized carbons (Fsp3) is 0.625. The van der Waals surface area contributed by atoms with E-state index < -0.39 is 0 Å². The van der Waals surface area contributed by atoms with E-state index in [-0.39, 0.29) is 12.4 Å². The Labute approximate surface area is 119 Å². The average molecular weight is 270 g/mol. The number of para-hydroxylation sites is 1. The van der Waals surface area contributed by atoms with Gasteiger partial charge in [-0.05, 0) is 39.7 Å². The molecule has 1 nitrogen and oxygen atoms in total. The topological polar surface area (TPSA) is 0 Å². The van der Waals surface area contributed by atoms with Crippen molar-refractivity contribution in [2.75, 3.05) is 19.6 Å². The first-order valence-corrected chi connectivity index (χ1v) is 7.12. The van der Waals surface area contributed by atoms with Crippen molar-refractivity contribution < 1.29 is 12.4 Å². The molecule has 104 valence electrons. The highest BCUT2D eigenvalue weighted by molar-refractivity contribution is 5.49. The standard InChI is InChI=1S/C16H28N.ClH/c1-5-8-11-14-17(6-2,7-3)16-13-10-9-12-15(16)4;/h9-10,12-13H,5-8,11,14H2,1-4H3;1H/q+1;/p-1. The summed E-state index contributed by atoms with van der Waals surface area (Å²) in [6.07, 6.45) is 4.00. The van der Waals surface area contributed by atoms with Gasteiger partial charge in [0.05, 0.1) is 19.6 Å². The maximum absolute atomic E-state index is 2.32. The molecule has 0 saturated heterocycles. The third-order valence-electron chi connectivity index (χ3n) is 4.03. The van der Waals surface area contributed by atoms with Gasteiger partial charge in [0.2, 0.25) is 0 Å². The van der Waals surface area contributed by atoms with E-state index in [0.29, 0.717) is 0 Å². The van der Waals surface area contributed by atoms with Crippen LogP contribution in [0.4, 0.5) is 5.69 Å². The number of nitrogens with zero attached hydrogens (tertiary/aromatic N) is 1. The molecule has 0 aliphatic heterocycles. The van der Waals surface area contributed by atoms with Gasteiger partial charge in [-0.1, -0.05) is 31.5 Å². The maximum Gasteiger partial charge on any atom is 0.135 e. The number of aryl methyl sites for hydroxylation is 1. The number of unbranched alkanes of at least 4 members (excludes halogenated alkanes) is 2. The molecule has 0 amide bonds. The minimum Gasteiger partial charge on any atom is -1.00 e. The van der Waals surface area contributed by atoms with Crippen LogP contribution in [0, 0.1) is 6.92 Å². The minimum absolute atomic E-state index is 0. The Morgan fingerprint density at radius 2 is 1.56 bits per heavy atom. The van der Waals surface area contributed by atoms with Crippen molar-refractivity contribution in [2.24, 2.45) is 0 Å². The molecule has 0 spiro atoms. The van der Waals surface area contributed by atoms with Gasteiger partial charge in [-0.2, -0.15) is 0 Å². The van der Waals surface area contributed by atoms with Gasteiger partial charge in [0.15, 0.2) is 0 Å². The van der Waals surface area contributed by atoms with Gasteiger partial charge in [-0.15, -0.1) is 0 Å². The van der Waals surface area contributed by atoms with E-state index in [1.165, 1.54) is 50.1 Å². The van der Waals surface area contributed by atoms with Crippen LogP contribution in [0.15, 0.2) is 24.3 Å². The van der Waals surface area contributed by atoms with Crippen LogP contribution >= 0.6 is 0 Å². The van der Waals surface area contributed by atoms with Crippen molar-refractivity contribution in [3.63, 3.8) is 0 Å². The summed E-state index contributed by atoms with van der Waals surface area (Å²) in [5, 5.41) is 0. The van der Waals surface area contributed by atoms with Crippen LogP contribution in [0.3, 0.4) is 0 Å². The second kappa shape index (κ2) is 8.55. The maximum atomic E-state index is 2.32. The highest BCUT2D eigenvalue weighted by atomic mass is 35.5. The van der Waals surface area contributed by atoms with Gasteiger partial charge in [0.1, 0.15) is 5.69 Å². The lowest BCUT2D eigenvalue weighted by molar-refractivity contribution is -0.00000380. The first-order chi connectivity index (χ1) is 8.20. The Kier molecular flexibility index (Phi) is 8.30. The van der Waals surface area contributed by atoms with Gasteiger partial charge < -0.3 is 12.4 Å². The number of benzene rings is 1. The van der Waals surface area contributed by atoms with Gasteiger partial charge in [-0.25, -0.2) is 0 Å². The summed E-state index contributed by atoms with van der Waals surface area (Å²) < 4.78 is 1.15. The smallest absolute Gasteiger partial charge is 0.135 e. The normalized spacial score (nSPS) is 11.1. The zero-order valence-corrected chi connectivity index (χ0v) is 13.1. The molecule has 1 rings (SSSR count). The van der Waals surface area contributed by atoms with Crippen LogP contribution in [0.5, 0.6) is 0 Å². The van der Waals surface area contributed by atoms with E-state index in [4.69, 9.17) is 0 Å². The van der Waals surface area contributed by atoms with Gasteiger partial charge in [0, 0.05) is 5.56 Å². The van der Waals surface area contributed by atoms with Crippen LogP contribution in [-0.4, -0.2) is 19.6 Å². The summed E-state index contributed by atoms with van der Waals surface area (Å²) in [6.45, 7) is 12.8. The molecule has 0 bridgehead atoms. The Balaban J connectivity index is 0.00000289. The zero-order valence-electron chi connectivity index (χ0n) is 12.4. The minimum atomic E-state index is 0.